The summed E-state index contributed by atoms with van der Waals surface area (Å²) in [6, 6.07) is 3.07. The van der Waals surface area contributed by atoms with Crippen LogP contribution in [-0.2, 0) is 0 Å². The maximum Gasteiger partial charge on any atom is 0.265 e. The van der Waals surface area contributed by atoms with Crippen LogP contribution in [0.25, 0.3) is 0 Å². The molecule has 2 unspecified atom stereocenters. The summed E-state index contributed by atoms with van der Waals surface area (Å²) in [7, 11) is 0. The van der Waals surface area contributed by atoms with Crippen molar-refractivity contribution in [3.8, 4) is 5.75 Å². The zero-order valence-corrected chi connectivity index (χ0v) is 9.20. The normalized spacial score (nSPS) is 14.9. The van der Waals surface area contributed by atoms with Gasteiger partial charge in [-0.2, -0.15) is 0 Å². The van der Waals surface area contributed by atoms with Crippen molar-refractivity contribution in [3.05, 3.63) is 29.6 Å². The number of phenolic OH excluding ortho intramolecular Hbond substituents is 1. The van der Waals surface area contributed by atoms with E-state index in [1.807, 2.05) is 0 Å². The molecule has 0 radical (unpaired) electrons. The molecular weight excluding hydrogens is 235 g/mol. The first-order chi connectivity index (χ1) is 7.91. The second kappa shape index (κ2) is 5.88. The van der Waals surface area contributed by atoms with Crippen molar-refractivity contribution in [2.24, 2.45) is 0 Å². The molecule has 1 aromatic rings. The topological polar surface area (TPSA) is 52.5 Å². The van der Waals surface area contributed by atoms with Crippen LogP contribution >= 0.6 is 0 Å². The quantitative estimate of drug-likeness (QED) is 0.746. The van der Waals surface area contributed by atoms with Crippen LogP contribution in [0, 0.1) is 5.82 Å². The summed E-state index contributed by atoms with van der Waals surface area (Å²) in [6.07, 6.45) is -4.61. The lowest BCUT2D eigenvalue weighted by Gasteiger charge is -2.17. The lowest BCUT2D eigenvalue weighted by molar-refractivity contribution is -0.00443. The van der Waals surface area contributed by atoms with Gasteiger partial charge in [-0.1, -0.05) is 6.07 Å². The minimum absolute atomic E-state index is 0.203. The third-order valence-corrected chi connectivity index (χ3v) is 2.37. The molecular formula is C11H14F3NO2. The summed E-state index contributed by atoms with van der Waals surface area (Å²) >= 11 is 0. The third kappa shape index (κ3) is 3.90. The number of hydrogen-bond donors (Lipinski definition) is 3. The first-order valence-electron chi connectivity index (χ1n) is 5.10. The highest BCUT2D eigenvalue weighted by molar-refractivity contribution is 5.29. The number of rotatable bonds is 5. The van der Waals surface area contributed by atoms with Crippen molar-refractivity contribution in [1.29, 1.82) is 0 Å². The van der Waals surface area contributed by atoms with Crippen LogP contribution in [0.3, 0.4) is 0 Å². The largest absolute Gasteiger partial charge is 0.508 e. The molecule has 0 aliphatic rings. The van der Waals surface area contributed by atoms with Gasteiger partial charge in [0.25, 0.3) is 6.43 Å². The fraction of sp³-hybridized carbons (Fsp3) is 0.455. The van der Waals surface area contributed by atoms with Crippen molar-refractivity contribution >= 4 is 0 Å². The van der Waals surface area contributed by atoms with Crippen LogP contribution in [0.15, 0.2) is 18.2 Å². The summed E-state index contributed by atoms with van der Waals surface area (Å²) < 4.78 is 37.4. The molecule has 6 heteroatoms. The highest BCUT2D eigenvalue weighted by atomic mass is 19.3. The Bertz CT molecular complexity index is 374. The van der Waals surface area contributed by atoms with Crippen molar-refractivity contribution in [2.45, 2.75) is 25.5 Å². The average Bonchev–Trinajstić information content (AvgIpc) is 2.25. The Morgan fingerprint density at radius 3 is 2.53 bits per heavy atom. The molecule has 0 amide bonds. The van der Waals surface area contributed by atoms with Crippen LogP contribution < -0.4 is 5.32 Å². The highest BCUT2D eigenvalue weighted by Crippen LogP contribution is 2.20. The molecule has 0 fully saturated rings. The molecule has 0 aliphatic carbocycles. The minimum atomic E-state index is -2.83. The molecule has 0 spiro atoms. The van der Waals surface area contributed by atoms with Gasteiger partial charge in [-0.3, -0.25) is 0 Å². The van der Waals surface area contributed by atoms with Crippen molar-refractivity contribution in [2.75, 3.05) is 6.54 Å². The summed E-state index contributed by atoms with van der Waals surface area (Å²) in [4.78, 5) is 0. The van der Waals surface area contributed by atoms with Gasteiger partial charge < -0.3 is 15.5 Å². The Morgan fingerprint density at radius 1 is 1.35 bits per heavy atom. The number of nitrogens with one attached hydrogen (secondary N) is 1. The summed E-state index contributed by atoms with van der Waals surface area (Å²) in [5.74, 6) is -0.831. The fourth-order valence-electron chi connectivity index (χ4n) is 1.36. The Balaban J connectivity index is 2.61. The van der Waals surface area contributed by atoms with Gasteiger partial charge in [0.1, 0.15) is 17.7 Å². The highest BCUT2D eigenvalue weighted by Gasteiger charge is 2.18. The Kier molecular flexibility index (Phi) is 4.77. The number of aliphatic hydroxyl groups is 1. The van der Waals surface area contributed by atoms with E-state index >= 15 is 0 Å². The Hall–Kier alpha value is -1.27. The lowest BCUT2D eigenvalue weighted by Crippen LogP contribution is -2.33. The first-order valence-corrected chi connectivity index (χ1v) is 5.10. The molecule has 1 rings (SSSR count). The molecule has 0 bridgehead atoms. The van der Waals surface area contributed by atoms with E-state index in [9.17, 15) is 13.2 Å². The molecule has 1 aromatic carbocycles. The van der Waals surface area contributed by atoms with Crippen molar-refractivity contribution in [3.63, 3.8) is 0 Å². The van der Waals surface area contributed by atoms with Gasteiger partial charge in [0, 0.05) is 24.2 Å². The van der Waals surface area contributed by atoms with E-state index < -0.39 is 24.4 Å². The molecule has 0 aromatic heterocycles. The summed E-state index contributed by atoms with van der Waals surface area (Å²) in [6.45, 7) is 1.24. The lowest BCUT2D eigenvalue weighted by atomic mass is 10.1. The monoisotopic (exact) mass is 249 g/mol. The molecule has 0 saturated heterocycles. The molecule has 0 heterocycles. The van der Waals surface area contributed by atoms with E-state index in [-0.39, 0.29) is 17.9 Å². The van der Waals surface area contributed by atoms with Crippen molar-refractivity contribution < 1.29 is 23.4 Å². The Morgan fingerprint density at radius 2 is 2.00 bits per heavy atom. The van der Waals surface area contributed by atoms with E-state index in [1.54, 1.807) is 6.92 Å². The number of hydrogen-bond acceptors (Lipinski definition) is 3. The average molecular weight is 249 g/mol. The maximum atomic E-state index is 13.4. The van der Waals surface area contributed by atoms with E-state index in [4.69, 9.17) is 10.2 Å². The second-order valence-electron chi connectivity index (χ2n) is 3.74. The van der Waals surface area contributed by atoms with Gasteiger partial charge in [-0.05, 0) is 13.0 Å². The molecule has 2 atom stereocenters. The van der Waals surface area contributed by atoms with Gasteiger partial charge in [-0.25, -0.2) is 13.2 Å². The number of phenols is 1. The maximum absolute atomic E-state index is 13.4. The number of alkyl halides is 2. The Labute approximate surface area is 96.9 Å². The van der Waals surface area contributed by atoms with Crippen molar-refractivity contribution in [1.82, 2.24) is 5.32 Å². The first kappa shape index (κ1) is 13.8. The van der Waals surface area contributed by atoms with Crippen LogP contribution in [0.5, 0.6) is 5.75 Å². The molecule has 3 N–H and O–H groups in total. The van der Waals surface area contributed by atoms with Crippen LogP contribution in [0.2, 0.25) is 0 Å². The van der Waals surface area contributed by atoms with E-state index in [2.05, 4.69) is 5.32 Å². The van der Waals surface area contributed by atoms with Gasteiger partial charge in [0.15, 0.2) is 0 Å². The second-order valence-corrected chi connectivity index (χ2v) is 3.74. The summed E-state index contributed by atoms with van der Waals surface area (Å²) in [5.41, 5.74) is 0.240. The standard InChI is InChI=1S/C11H14F3NO2/c1-6(15-5-10(17)11(13)14)8-3-2-7(16)4-9(8)12/h2-4,6,10-11,15-17H,5H2,1H3. The van der Waals surface area contributed by atoms with Gasteiger partial charge >= 0.3 is 0 Å². The predicted octanol–water partition coefficient (Wildman–Crippen LogP) is 1.81. The number of aliphatic hydroxyl groups excluding tert-OH is 1. The van der Waals surface area contributed by atoms with E-state index in [0.29, 0.717) is 0 Å². The van der Waals surface area contributed by atoms with Crippen LogP contribution in [0.4, 0.5) is 13.2 Å². The number of halogens is 3. The van der Waals surface area contributed by atoms with Gasteiger partial charge in [0.2, 0.25) is 0 Å². The predicted molar refractivity (Wildman–Crippen MR) is 56.5 cm³/mol. The number of benzene rings is 1. The molecule has 0 saturated carbocycles. The zero-order chi connectivity index (χ0) is 13.0. The van der Waals surface area contributed by atoms with E-state index in [1.165, 1.54) is 12.1 Å². The molecule has 3 nitrogen and oxygen atoms in total. The smallest absolute Gasteiger partial charge is 0.265 e. The SMILES string of the molecule is CC(NCC(O)C(F)F)c1ccc(O)cc1F. The van der Waals surface area contributed by atoms with Gasteiger partial charge in [0.05, 0.1) is 0 Å². The summed E-state index contributed by atoms with van der Waals surface area (Å²) in [5, 5.41) is 20.5. The zero-order valence-electron chi connectivity index (χ0n) is 9.20. The molecule has 0 aliphatic heterocycles. The fourth-order valence-corrected chi connectivity index (χ4v) is 1.36. The van der Waals surface area contributed by atoms with Gasteiger partial charge in [-0.15, -0.1) is 0 Å². The molecule has 96 valence electrons. The minimum Gasteiger partial charge on any atom is -0.508 e. The van der Waals surface area contributed by atoms with E-state index in [0.717, 1.165) is 6.07 Å². The number of aromatic hydroxyl groups is 1. The van der Waals surface area contributed by atoms with Crippen LogP contribution in [0.1, 0.15) is 18.5 Å². The van der Waals surface area contributed by atoms with Crippen LogP contribution in [-0.4, -0.2) is 29.3 Å². The third-order valence-electron chi connectivity index (χ3n) is 2.37. The molecule has 17 heavy (non-hydrogen) atoms.